The lowest BCUT2D eigenvalue weighted by atomic mass is 9.95. The molecule has 0 aliphatic rings. The predicted octanol–water partition coefficient (Wildman–Crippen LogP) is 2.40. The number of aliphatic hydroxyl groups is 1. The average molecular weight is 306 g/mol. The zero-order valence-electron chi connectivity index (χ0n) is 13.3. The van der Waals surface area contributed by atoms with Crippen LogP contribution in [0.4, 0.5) is 0 Å². The molecular weight excluding hydrogens is 284 g/mol. The number of carbonyl (C=O) groups is 1. The number of furan rings is 1. The summed E-state index contributed by atoms with van der Waals surface area (Å²) in [6, 6.07) is 3.38. The molecule has 0 fully saturated rings. The monoisotopic (exact) mass is 306 g/mol. The zero-order chi connectivity index (χ0) is 16.3. The SMILES string of the molecule is Cc1noc(C)c1C(C)CC(=O)NCC(C)(O)c1ccco1. The molecule has 0 spiro atoms. The number of carbonyl (C=O) groups excluding carboxylic acids is 1. The summed E-state index contributed by atoms with van der Waals surface area (Å²) in [6.45, 7) is 7.35. The van der Waals surface area contributed by atoms with Gasteiger partial charge in [-0.25, -0.2) is 0 Å². The van der Waals surface area contributed by atoms with E-state index < -0.39 is 5.60 Å². The van der Waals surface area contributed by atoms with E-state index in [-0.39, 0.29) is 18.4 Å². The van der Waals surface area contributed by atoms with Crippen LogP contribution in [-0.2, 0) is 10.4 Å². The first-order chi connectivity index (χ1) is 10.3. The normalized spacial score (nSPS) is 15.3. The van der Waals surface area contributed by atoms with Gasteiger partial charge in [-0.2, -0.15) is 0 Å². The van der Waals surface area contributed by atoms with Crippen molar-refractivity contribution < 1.29 is 18.8 Å². The van der Waals surface area contributed by atoms with Gasteiger partial charge in [0, 0.05) is 12.0 Å². The van der Waals surface area contributed by atoms with Crippen LogP contribution in [0, 0.1) is 13.8 Å². The van der Waals surface area contributed by atoms with Crippen molar-refractivity contribution in [2.24, 2.45) is 0 Å². The number of amides is 1. The molecule has 0 aliphatic heterocycles. The van der Waals surface area contributed by atoms with Crippen molar-refractivity contribution in [1.29, 1.82) is 0 Å². The molecule has 1 amide bonds. The Morgan fingerprint density at radius 2 is 2.23 bits per heavy atom. The van der Waals surface area contributed by atoms with Gasteiger partial charge in [-0.1, -0.05) is 12.1 Å². The van der Waals surface area contributed by atoms with Gasteiger partial charge in [-0.05, 0) is 38.8 Å². The molecule has 0 saturated heterocycles. The van der Waals surface area contributed by atoms with E-state index in [1.165, 1.54) is 6.26 Å². The summed E-state index contributed by atoms with van der Waals surface area (Å²) in [7, 11) is 0. The average Bonchev–Trinajstić information content (AvgIpc) is 3.07. The number of aryl methyl sites for hydroxylation is 2. The number of nitrogens with zero attached hydrogens (tertiary/aromatic N) is 1. The molecule has 0 aliphatic carbocycles. The maximum Gasteiger partial charge on any atom is 0.220 e. The Hall–Kier alpha value is -2.08. The standard InChI is InChI=1S/C16H22N2O4/c1-10(15-11(2)18-22-12(15)3)8-14(19)17-9-16(4,20)13-6-5-7-21-13/h5-7,10,20H,8-9H2,1-4H3,(H,17,19). The van der Waals surface area contributed by atoms with E-state index in [1.54, 1.807) is 19.1 Å². The second-order valence-corrected chi connectivity index (χ2v) is 5.87. The third kappa shape index (κ3) is 3.57. The van der Waals surface area contributed by atoms with Crippen molar-refractivity contribution >= 4 is 5.91 Å². The Balaban J connectivity index is 1.91. The summed E-state index contributed by atoms with van der Waals surface area (Å²) in [6.07, 6.45) is 1.79. The highest BCUT2D eigenvalue weighted by Crippen LogP contribution is 2.26. The Morgan fingerprint density at radius 3 is 2.77 bits per heavy atom. The van der Waals surface area contributed by atoms with Crippen LogP contribution < -0.4 is 5.32 Å². The number of hydrogen-bond donors (Lipinski definition) is 2. The van der Waals surface area contributed by atoms with Gasteiger partial charge in [-0.15, -0.1) is 0 Å². The van der Waals surface area contributed by atoms with Gasteiger partial charge in [0.1, 0.15) is 17.1 Å². The van der Waals surface area contributed by atoms with E-state index in [9.17, 15) is 9.90 Å². The van der Waals surface area contributed by atoms with Crippen LogP contribution in [0.2, 0.25) is 0 Å². The Morgan fingerprint density at radius 1 is 1.50 bits per heavy atom. The van der Waals surface area contributed by atoms with E-state index in [4.69, 9.17) is 8.94 Å². The van der Waals surface area contributed by atoms with E-state index in [2.05, 4.69) is 10.5 Å². The molecule has 6 nitrogen and oxygen atoms in total. The van der Waals surface area contributed by atoms with E-state index in [1.807, 2.05) is 20.8 Å². The first-order valence-electron chi connectivity index (χ1n) is 7.27. The fraction of sp³-hybridized carbons (Fsp3) is 0.500. The fourth-order valence-electron chi connectivity index (χ4n) is 2.59. The van der Waals surface area contributed by atoms with Gasteiger partial charge in [0.05, 0.1) is 18.5 Å². The summed E-state index contributed by atoms with van der Waals surface area (Å²) >= 11 is 0. The Kier molecular flexibility index (Phi) is 4.71. The topological polar surface area (TPSA) is 88.5 Å². The molecule has 2 aromatic heterocycles. The summed E-state index contributed by atoms with van der Waals surface area (Å²) in [5.74, 6) is 1.02. The lowest BCUT2D eigenvalue weighted by molar-refractivity contribution is -0.122. The molecular formula is C16H22N2O4. The molecule has 0 bridgehead atoms. The Bertz CT molecular complexity index is 609. The molecule has 0 saturated carbocycles. The van der Waals surface area contributed by atoms with Crippen LogP contribution in [-0.4, -0.2) is 22.7 Å². The van der Waals surface area contributed by atoms with Crippen molar-refractivity contribution in [1.82, 2.24) is 10.5 Å². The molecule has 0 radical (unpaired) electrons. The number of nitrogens with one attached hydrogen (secondary N) is 1. The third-order valence-corrected chi connectivity index (χ3v) is 3.75. The molecule has 2 unspecified atom stereocenters. The van der Waals surface area contributed by atoms with E-state index >= 15 is 0 Å². The smallest absolute Gasteiger partial charge is 0.220 e. The highest BCUT2D eigenvalue weighted by atomic mass is 16.5. The van der Waals surface area contributed by atoms with Gasteiger partial charge in [0.25, 0.3) is 0 Å². The first kappa shape index (κ1) is 16.3. The summed E-state index contributed by atoms with van der Waals surface area (Å²) in [5, 5.41) is 16.9. The van der Waals surface area contributed by atoms with Gasteiger partial charge in [0.2, 0.25) is 5.91 Å². The lowest BCUT2D eigenvalue weighted by Gasteiger charge is -2.21. The minimum Gasteiger partial charge on any atom is -0.466 e. The van der Waals surface area contributed by atoms with Crippen molar-refractivity contribution in [3.63, 3.8) is 0 Å². The minimum absolute atomic E-state index is 0.000174. The number of aromatic nitrogens is 1. The van der Waals surface area contributed by atoms with Crippen LogP contribution in [0.15, 0.2) is 27.3 Å². The summed E-state index contributed by atoms with van der Waals surface area (Å²) < 4.78 is 10.3. The third-order valence-electron chi connectivity index (χ3n) is 3.75. The van der Waals surface area contributed by atoms with Crippen molar-refractivity contribution in [3.05, 3.63) is 41.2 Å². The molecule has 2 aromatic rings. The molecule has 2 heterocycles. The van der Waals surface area contributed by atoms with Gasteiger partial charge < -0.3 is 19.4 Å². The highest BCUT2D eigenvalue weighted by molar-refractivity contribution is 5.77. The van der Waals surface area contributed by atoms with Crippen LogP contribution >= 0.6 is 0 Å². The second kappa shape index (κ2) is 6.36. The highest BCUT2D eigenvalue weighted by Gasteiger charge is 2.27. The van der Waals surface area contributed by atoms with E-state index in [0.29, 0.717) is 12.2 Å². The lowest BCUT2D eigenvalue weighted by Crippen LogP contribution is -2.38. The largest absolute Gasteiger partial charge is 0.466 e. The quantitative estimate of drug-likeness (QED) is 0.855. The fourth-order valence-corrected chi connectivity index (χ4v) is 2.59. The first-order valence-corrected chi connectivity index (χ1v) is 7.27. The zero-order valence-corrected chi connectivity index (χ0v) is 13.3. The summed E-state index contributed by atoms with van der Waals surface area (Å²) in [4.78, 5) is 12.1. The van der Waals surface area contributed by atoms with Crippen molar-refractivity contribution in [3.8, 4) is 0 Å². The molecule has 120 valence electrons. The number of rotatable bonds is 6. The van der Waals surface area contributed by atoms with Crippen LogP contribution in [0.25, 0.3) is 0 Å². The number of hydrogen-bond acceptors (Lipinski definition) is 5. The maximum atomic E-state index is 12.1. The molecule has 0 aromatic carbocycles. The van der Waals surface area contributed by atoms with Gasteiger partial charge in [0.15, 0.2) is 0 Å². The summed E-state index contributed by atoms with van der Waals surface area (Å²) in [5.41, 5.74) is 0.541. The maximum absolute atomic E-state index is 12.1. The molecule has 2 N–H and O–H groups in total. The molecule has 6 heteroatoms. The molecule has 2 rings (SSSR count). The van der Waals surface area contributed by atoms with Crippen molar-refractivity contribution in [2.75, 3.05) is 6.54 Å². The molecule has 22 heavy (non-hydrogen) atoms. The Labute approximate surface area is 129 Å². The molecule has 2 atom stereocenters. The predicted molar refractivity (Wildman–Crippen MR) is 80.3 cm³/mol. The van der Waals surface area contributed by atoms with Crippen LogP contribution in [0.1, 0.15) is 49.0 Å². The van der Waals surface area contributed by atoms with E-state index in [0.717, 1.165) is 17.0 Å². The van der Waals surface area contributed by atoms with Gasteiger partial charge in [-0.3, -0.25) is 4.79 Å². The second-order valence-electron chi connectivity index (χ2n) is 5.87. The van der Waals surface area contributed by atoms with Crippen LogP contribution in [0.5, 0.6) is 0 Å². The van der Waals surface area contributed by atoms with Crippen LogP contribution in [0.3, 0.4) is 0 Å². The minimum atomic E-state index is -1.23. The van der Waals surface area contributed by atoms with Gasteiger partial charge >= 0.3 is 0 Å². The van der Waals surface area contributed by atoms with Crippen molar-refractivity contribution in [2.45, 2.75) is 45.6 Å².